The van der Waals surface area contributed by atoms with E-state index >= 15 is 0 Å². The molecule has 144 valence electrons. The number of nitrogens with zero attached hydrogens (tertiary/aromatic N) is 3. The number of likely N-dealkylation sites (N-methyl/N-ethyl adjacent to an activating group) is 1. The number of aromatic nitrogens is 1. The van der Waals surface area contributed by atoms with E-state index in [-0.39, 0.29) is 12.6 Å². The second-order valence-corrected chi connectivity index (χ2v) is 6.74. The van der Waals surface area contributed by atoms with Gasteiger partial charge in [0.05, 0.1) is 31.0 Å². The highest BCUT2D eigenvalue weighted by molar-refractivity contribution is 5.66. The van der Waals surface area contributed by atoms with Crippen molar-refractivity contribution >= 4 is 11.6 Å². The Hall–Kier alpha value is -2.56. The third-order valence-corrected chi connectivity index (χ3v) is 5.10. The predicted octanol–water partition coefficient (Wildman–Crippen LogP) is 2.72. The van der Waals surface area contributed by atoms with Gasteiger partial charge in [0.1, 0.15) is 23.5 Å². The van der Waals surface area contributed by atoms with E-state index < -0.39 is 0 Å². The minimum absolute atomic E-state index is 0.00109. The van der Waals surface area contributed by atoms with E-state index in [2.05, 4.69) is 28.5 Å². The first kappa shape index (κ1) is 19.2. The maximum absolute atomic E-state index is 9.79. The molecule has 27 heavy (non-hydrogen) atoms. The zero-order chi connectivity index (χ0) is 19.2. The second kappa shape index (κ2) is 8.89. The van der Waals surface area contributed by atoms with E-state index in [0.717, 1.165) is 55.2 Å². The third kappa shape index (κ3) is 4.24. The Balaban J connectivity index is 1.99. The number of anilines is 2. The van der Waals surface area contributed by atoms with Gasteiger partial charge in [-0.05, 0) is 37.1 Å². The summed E-state index contributed by atoms with van der Waals surface area (Å²) in [7, 11) is 0. The fourth-order valence-electron chi connectivity index (χ4n) is 3.39. The van der Waals surface area contributed by atoms with Gasteiger partial charge in [0.2, 0.25) is 0 Å². The van der Waals surface area contributed by atoms with Crippen LogP contribution in [0.25, 0.3) is 0 Å². The average molecular weight is 369 g/mol. The Morgan fingerprint density at radius 3 is 2.85 bits per heavy atom. The third-order valence-electron chi connectivity index (χ3n) is 5.10. The molecule has 1 aliphatic rings. The number of rotatable bonds is 8. The van der Waals surface area contributed by atoms with Crippen LogP contribution in [0.5, 0.6) is 0 Å². The van der Waals surface area contributed by atoms with E-state index in [1.165, 1.54) is 0 Å². The molecule has 0 fully saturated rings. The normalized spacial score (nSPS) is 15.0. The SMILES string of the molecule is CC[C@@H](CO)Nc1nc(NCc2ccco2)c2c(c1C#N)CCN(CC)C2. The van der Waals surface area contributed by atoms with Gasteiger partial charge in [-0.1, -0.05) is 13.8 Å². The summed E-state index contributed by atoms with van der Waals surface area (Å²) in [5.41, 5.74) is 2.72. The van der Waals surface area contributed by atoms with Crippen molar-refractivity contribution in [2.75, 3.05) is 30.3 Å². The maximum atomic E-state index is 9.79. The van der Waals surface area contributed by atoms with Crippen molar-refractivity contribution in [3.05, 3.63) is 40.8 Å². The van der Waals surface area contributed by atoms with Crippen molar-refractivity contribution in [1.82, 2.24) is 9.88 Å². The molecule has 0 amide bonds. The van der Waals surface area contributed by atoms with Crippen LogP contribution in [0.4, 0.5) is 11.6 Å². The molecule has 1 aliphatic heterocycles. The first-order chi connectivity index (χ1) is 13.2. The number of hydrogen-bond acceptors (Lipinski definition) is 7. The van der Waals surface area contributed by atoms with Crippen LogP contribution in [0.15, 0.2) is 22.8 Å². The summed E-state index contributed by atoms with van der Waals surface area (Å²) in [4.78, 5) is 7.08. The van der Waals surface area contributed by atoms with Gasteiger partial charge in [-0.25, -0.2) is 4.98 Å². The highest BCUT2D eigenvalue weighted by atomic mass is 16.3. The maximum Gasteiger partial charge on any atom is 0.146 e. The standard InChI is InChI=1S/C20H27N5O2/c1-3-14(13-26)23-20-17(10-21)16-7-8-25(4-2)12-18(16)19(24-20)22-11-15-6-5-9-27-15/h5-6,9,14,26H,3-4,7-8,11-13H2,1-2H3,(H2,22,23,24)/t14-/m0/s1. The molecule has 7 nitrogen and oxygen atoms in total. The van der Waals surface area contributed by atoms with Gasteiger partial charge in [0, 0.05) is 18.7 Å². The minimum Gasteiger partial charge on any atom is -0.467 e. The van der Waals surface area contributed by atoms with E-state index in [1.807, 2.05) is 19.1 Å². The predicted molar refractivity (Wildman–Crippen MR) is 104 cm³/mol. The molecule has 0 saturated carbocycles. The molecule has 7 heteroatoms. The zero-order valence-electron chi connectivity index (χ0n) is 16.0. The fraction of sp³-hybridized carbons (Fsp3) is 0.500. The molecular weight excluding hydrogens is 342 g/mol. The van der Waals surface area contributed by atoms with Gasteiger partial charge in [-0.15, -0.1) is 0 Å². The zero-order valence-corrected chi connectivity index (χ0v) is 16.0. The topological polar surface area (TPSA) is 97.3 Å². The molecule has 0 saturated heterocycles. The molecule has 0 aromatic carbocycles. The monoisotopic (exact) mass is 369 g/mol. The Labute approximate surface area is 160 Å². The molecular formula is C20H27N5O2. The Morgan fingerprint density at radius 2 is 2.22 bits per heavy atom. The fourth-order valence-corrected chi connectivity index (χ4v) is 3.39. The van der Waals surface area contributed by atoms with Crippen LogP contribution in [0, 0.1) is 11.3 Å². The van der Waals surface area contributed by atoms with E-state index in [4.69, 9.17) is 9.40 Å². The minimum atomic E-state index is -0.128. The van der Waals surface area contributed by atoms with Gasteiger partial charge in [-0.3, -0.25) is 4.90 Å². The lowest BCUT2D eigenvalue weighted by atomic mass is 9.95. The second-order valence-electron chi connectivity index (χ2n) is 6.74. The number of pyridine rings is 1. The van der Waals surface area contributed by atoms with Crippen LogP contribution in [-0.2, 0) is 19.5 Å². The summed E-state index contributed by atoms with van der Waals surface area (Å²) < 4.78 is 5.41. The van der Waals surface area contributed by atoms with Crippen molar-refractivity contribution < 1.29 is 9.52 Å². The molecule has 3 N–H and O–H groups in total. The summed E-state index contributed by atoms with van der Waals surface area (Å²) in [6, 6.07) is 5.98. The van der Waals surface area contributed by atoms with Crippen LogP contribution in [-0.4, -0.2) is 40.7 Å². The molecule has 2 aromatic heterocycles. The van der Waals surface area contributed by atoms with Crippen LogP contribution >= 0.6 is 0 Å². The molecule has 0 unspecified atom stereocenters. The van der Waals surface area contributed by atoms with Gasteiger partial charge in [0.25, 0.3) is 0 Å². The lowest BCUT2D eigenvalue weighted by Gasteiger charge is -2.30. The highest BCUT2D eigenvalue weighted by Gasteiger charge is 2.25. The van der Waals surface area contributed by atoms with Gasteiger partial charge >= 0.3 is 0 Å². The lowest BCUT2D eigenvalue weighted by Crippen LogP contribution is -2.32. The summed E-state index contributed by atoms with van der Waals surface area (Å²) in [6.07, 6.45) is 3.21. The molecule has 1 atom stereocenters. The Kier molecular flexibility index (Phi) is 6.32. The van der Waals surface area contributed by atoms with Crippen LogP contribution in [0.2, 0.25) is 0 Å². The number of hydrogen-bond donors (Lipinski definition) is 3. The molecule has 0 spiro atoms. The van der Waals surface area contributed by atoms with Crippen molar-refractivity contribution in [1.29, 1.82) is 5.26 Å². The Morgan fingerprint density at radius 1 is 1.37 bits per heavy atom. The first-order valence-corrected chi connectivity index (χ1v) is 9.51. The van der Waals surface area contributed by atoms with E-state index in [0.29, 0.717) is 17.9 Å². The van der Waals surface area contributed by atoms with E-state index in [9.17, 15) is 10.4 Å². The van der Waals surface area contributed by atoms with Crippen molar-refractivity contribution in [2.24, 2.45) is 0 Å². The van der Waals surface area contributed by atoms with Gasteiger partial charge in [-0.2, -0.15) is 5.26 Å². The van der Waals surface area contributed by atoms with Crippen LogP contribution in [0.3, 0.4) is 0 Å². The molecule has 3 rings (SSSR count). The lowest BCUT2D eigenvalue weighted by molar-refractivity contribution is 0.267. The van der Waals surface area contributed by atoms with Crippen molar-refractivity contribution in [2.45, 2.75) is 45.8 Å². The van der Waals surface area contributed by atoms with Crippen LogP contribution < -0.4 is 10.6 Å². The smallest absolute Gasteiger partial charge is 0.146 e. The van der Waals surface area contributed by atoms with Crippen molar-refractivity contribution in [3.8, 4) is 6.07 Å². The Bertz CT molecular complexity index is 794. The van der Waals surface area contributed by atoms with E-state index in [1.54, 1.807) is 6.26 Å². The molecule has 0 bridgehead atoms. The molecule has 3 heterocycles. The number of furan rings is 1. The summed E-state index contributed by atoms with van der Waals surface area (Å²) >= 11 is 0. The quantitative estimate of drug-likeness (QED) is 0.658. The average Bonchev–Trinajstić information content (AvgIpc) is 3.23. The van der Waals surface area contributed by atoms with Gasteiger partial charge < -0.3 is 20.2 Å². The molecule has 0 radical (unpaired) electrons. The summed E-state index contributed by atoms with van der Waals surface area (Å²) in [5, 5.41) is 26.0. The largest absolute Gasteiger partial charge is 0.467 e. The van der Waals surface area contributed by atoms with Crippen LogP contribution in [0.1, 0.15) is 42.7 Å². The highest BCUT2D eigenvalue weighted by Crippen LogP contribution is 2.32. The number of aliphatic hydroxyl groups excluding tert-OH is 1. The summed E-state index contributed by atoms with van der Waals surface area (Å²) in [5.74, 6) is 2.15. The van der Waals surface area contributed by atoms with Gasteiger partial charge in [0.15, 0.2) is 0 Å². The van der Waals surface area contributed by atoms with Crippen molar-refractivity contribution in [3.63, 3.8) is 0 Å². The molecule has 2 aromatic rings. The number of aliphatic hydroxyl groups is 1. The first-order valence-electron chi connectivity index (χ1n) is 9.51. The molecule has 0 aliphatic carbocycles. The number of nitrogens with one attached hydrogen (secondary N) is 2. The summed E-state index contributed by atoms with van der Waals surface area (Å²) in [6.45, 7) is 7.32. The number of fused-ring (bicyclic) bond motifs is 1. The number of nitriles is 1.